The SMILES string of the molecule is CCc1cc(-c2ccc(F)c(F)c2)ccc1C1=C(O)C(C)(COC)OC(C)(C)C1=O. The van der Waals surface area contributed by atoms with E-state index < -0.39 is 22.8 Å². The predicted octanol–water partition coefficient (Wildman–Crippen LogP) is 5.25. The molecular formula is C24H26F2O4. The van der Waals surface area contributed by atoms with E-state index in [0.717, 1.165) is 17.7 Å². The van der Waals surface area contributed by atoms with Gasteiger partial charge in [-0.1, -0.05) is 31.2 Å². The molecule has 1 N–H and O–H groups in total. The number of rotatable bonds is 5. The van der Waals surface area contributed by atoms with Crippen LogP contribution in [-0.2, 0) is 20.7 Å². The molecule has 160 valence electrons. The quantitative estimate of drug-likeness (QED) is 0.724. The minimum atomic E-state index is -1.18. The van der Waals surface area contributed by atoms with Crippen molar-refractivity contribution in [2.75, 3.05) is 13.7 Å². The summed E-state index contributed by atoms with van der Waals surface area (Å²) in [5, 5.41) is 11.0. The molecule has 0 amide bonds. The second kappa shape index (κ2) is 7.93. The number of carbonyl (C=O) groups excluding carboxylic acids is 1. The van der Waals surface area contributed by atoms with Crippen LogP contribution in [0.3, 0.4) is 0 Å². The highest BCUT2D eigenvalue weighted by Crippen LogP contribution is 2.41. The maximum absolute atomic E-state index is 13.7. The van der Waals surface area contributed by atoms with Crippen molar-refractivity contribution >= 4 is 11.4 Å². The van der Waals surface area contributed by atoms with Gasteiger partial charge in [0.15, 0.2) is 17.4 Å². The van der Waals surface area contributed by atoms with Gasteiger partial charge in [0, 0.05) is 7.11 Å². The van der Waals surface area contributed by atoms with E-state index in [-0.39, 0.29) is 23.7 Å². The Balaban J connectivity index is 2.18. The third kappa shape index (κ3) is 3.77. The van der Waals surface area contributed by atoms with Crippen molar-refractivity contribution in [2.24, 2.45) is 0 Å². The van der Waals surface area contributed by atoms with Crippen LogP contribution in [0.2, 0.25) is 0 Å². The molecule has 1 aliphatic heterocycles. The van der Waals surface area contributed by atoms with E-state index in [1.54, 1.807) is 32.9 Å². The molecule has 0 saturated heterocycles. The Morgan fingerprint density at radius 2 is 1.67 bits per heavy atom. The van der Waals surface area contributed by atoms with Crippen LogP contribution in [0, 0.1) is 11.6 Å². The summed E-state index contributed by atoms with van der Waals surface area (Å²) in [6.07, 6.45) is 0.569. The average molecular weight is 416 g/mol. The van der Waals surface area contributed by atoms with Crippen LogP contribution < -0.4 is 0 Å². The number of aliphatic hydroxyl groups excluding tert-OH is 1. The van der Waals surface area contributed by atoms with Gasteiger partial charge in [-0.15, -0.1) is 0 Å². The molecule has 2 aromatic rings. The summed E-state index contributed by atoms with van der Waals surface area (Å²) in [5.41, 5.74) is 0.461. The van der Waals surface area contributed by atoms with Gasteiger partial charge >= 0.3 is 0 Å². The summed E-state index contributed by atoms with van der Waals surface area (Å²) in [4.78, 5) is 13.2. The van der Waals surface area contributed by atoms with Crippen LogP contribution in [-0.4, -0.2) is 35.8 Å². The number of aryl methyl sites for hydroxylation is 1. The third-order valence-electron chi connectivity index (χ3n) is 5.42. The van der Waals surface area contributed by atoms with Gasteiger partial charge in [-0.3, -0.25) is 4.79 Å². The molecule has 1 aliphatic rings. The highest BCUT2D eigenvalue weighted by Gasteiger charge is 2.49. The standard InChI is InChI=1S/C24H26F2O4/c1-6-14-11-15(16-8-10-18(25)19(26)12-16)7-9-17(14)20-21(27)23(2,3)30-24(4,13-29-5)22(20)28/h7-12,28H,6,13H2,1-5H3. The lowest BCUT2D eigenvalue weighted by Gasteiger charge is -2.42. The lowest BCUT2D eigenvalue weighted by atomic mass is 9.80. The lowest BCUT2D eigenvalue weighted by Crippen LogP contribution is -2.53. The van der Waals surface area contributed by atoms with E-state index >= 15 is 0 Å². The molecule has 0 aromatic heterocycles. The first-order chi connectivity index (χ1) is 14.0. The molecule has 3 rings (SSSR count). The largest absolute Gasteiger partial charge is 0.508 e. The molecule has 2 aromatic carbocycles. The Bertz CT molecular complexity index is 1030. The van der Waals surface area contributed by atoms with Gasteiger partial charge in [0.2, 0.25) is 0 Å². The predicted molar refractivity (Wildman–Crippen MR) is 111 cm³/mol. The third-order valence-corrected chi connectivity index (χ3v) is 5.42. The monoisotopic (exact) mass is 416 g/mol. The Morgan fingerprint density at radius 1 is 1.03 bits per heavy atom. The summed E-state index contributed by atoms with van der Waals surface area (Å²) in [6, 6.07) is 9.00. The molecule has 6 heteroatoms. The fourth-order valence-electron chi connectivity index (χ4n) is 3.94. The number of methoxy groups -OCH3 is 1. The number of hydrogen-bond donors (Lipinski definition) is 1. The van der Waals surface area contributed by atoms with Gasteiger partial charge < -0.3 is 14.6 Å². The number of hydrogen-bond acceptors (Lipinski definition) is 4. The molecule has 0 bridgehead atoms. The summed E-state index contributed by atoms with van der Waals surface area (Å²) < 4.78 is 38.1. The van der Waals surface area contributed by atoms with Gasteiger partial charge in [0.1, 0.15) is 17.0 Å². The van der Waals surface area contributed by atoms with Crippen LogP contribution in [0.4, 0.5) is 8.78 Å². The summed E-state index contributed by atoms with van der Waals surface area (Å²) in [5.74, 6) is -2.34. The van der Waals surface area contributed by atoms with Crippen molar-refractivity contribution in [1.29, 1.82) is 0 Å². The number of benzene rings is 2. The Kier molecular flexibility index (Phi) is 5.85. The zero-order valence-electron chi connectivity index (χ0n) is 17.8. The molecule has 0 fully saturated rings. The average Bonchev–Trinajstić information content (AvgIpc) is 2.69. The highest BCUT2D eigenvalue weighted by atomic mass is 19.2. The van der Waals surface area contributed by atoms with Crippen LogP contribution >= 0.6 is 0 Å². The molecule has 1 unspecified atom stereocenters. The normalized spacial score (nSPS) is 21.2. The van der Waals surface area contributed by atoms with Crippen molar-refractivity contribution in [3.63, 3.8) is 0 Å². The topological polar surface area (TPSA) is 55.8 Å². The molecule has 1 atom stereocenters. The number of ether oxygens (including phenoxy) is 2. The van der Waals surface area contributed by atoms with Crippen molar-refractivity contribution in [3.8, 4) is 11.1 Å². The fraction of sp³-hybridized carbons (Fsp3) is 0.375. The van der Waals surface area contributed by atoms with Crippen molar-refractivity contribution < 1.29 is 28.2 Å². The summed E-state index contributed by atoms with van der Waals surface area (Å²) >= 11 is 0. The van der Waals surface area contributed by atoms with Crippen LogP contribution in [0.25, 0.3) is 16.7 Å². The van der Waals surface area contributed by atoms with Crippen LogP contribution in [0.15, 0.2) is 42.2 Å². The van der Waals surface area contributed by atoms with E-state index in [0.29, 0.717) is 23.1 Å². The second-order valence-corrected chi connectivity index (χ2v) is 8.18. The number of ketones is 1. The zero-order chi connectivity index (χ0) is 22.3. The van der Waals surface area contributed by atoms with Gasteiger partial charge in [-0.25, -0.2) is 8.78 Å². The first kappa shape index (κ1) is 22.1. The molecule has 30 heavy (non-hydrogen) atoms. The number of Topliss-reactive ketones (excluding diaryl/α,β-unsaturated/α-hetero) is 1. The molecule has 4 nitrogen and oxygen atoms in total. The maximum Gasteiger partial charge on any atom is 0.198 e. The van der Waals surface area contributed by atoms with Gasteiger partial charge in [-0.05, 0) is 61.6 Å². The Morgan fingerprint density at radius 3 is 2.27 bits per heavy atom. The molecular weight excluding hydrogens is 390 g/mol. The second-order valence-electron chi connectivity index (χ2n) is 8.18. The molecule has 0 radical (unpaired) electrons. The summed E-state index contributed by atoms with van der Waals surface area (Å²) in [7, 11) is 1.50. The van der Waals surface area contributed by atoms with Gasteiger partial charge in [0.05, 0.1) is 12.2 Å². The molecule has 1 heterocycles. The van der Waals surface area contributed by atoms with Crippen LogP contribution in [0.1, 0.15) is 38.8 Å². The van der Waals surface area contributed by atoms with E-state index in [9.17, 15) is 18.7 Å². The lowest BCUT2D eigenvalue weighted by molar-refractivity contribution is -0.171. The first-order valence-electron chi connectivity index (χ1n) is 9.80. The maximum atomic E-state index is 13.7. The van der Waals surface area contributed by atoms with E-state index in [2.05, 4.69) is 0 Å². The molecule has 0 saturated carbocycles. The fourth-order valence-corrected chi connectivity index (χ4v) is 3.94. The first-order valence-corrected chi connectivity index (χ1v) is 9.80. The van der Waals surface area contributed by atoms with Crippen LogP contribution in [0.5, 0.6) is 0 Å². The number of aliphatic hydroxyl groups is 1. The van der Waals surface area contributed by atoms with E-state index in [1.807, 2.05) is 13.0 Å². The van der Waals surface area contributed by atoms with E-state index in [1.165, 1.54) is 13.2 Å². The smallest absolute Gasteiger partial charge is 0.198 e. The number of carbonyl (C=O) groups is 1. The Labute approximate surface area is 175 Å². The zero-order valence-corrected chi connectivity index (χ0v) is 17.8. The summed E-state index contributed by atoms with van der Waals surface area (Å²) in [6.45, 7) is 7.01. The minimum Gasteiger partial charge on any atom is -0.508 e. The highest BCUT2D eigenvalue weighted by molar-refractivity contribution is 6.26. The van der Waals surface area contributed by atoms with Gasteiger partial charge in [-0.2, -0.15) is 0 Å². The Hall–Kier alpha value is -2.57. The van der Waals surface area contributed by atoms with Crippen molar-refractivity contribution in [1.82, 2.24) is 0 Å². The minimum absolute atomic E-state index is 0.0768. The number of halogens is 2. The van der Waals surface area contributed by atoms with Crippen molar-refractivity contribution in [2.45, 2.75) is 45.3 Å². The van der Waals surface area contributed by atoms with Gasteiger partial charge in [0.25, 0.3) is 0 Å². The van der Waals surface area contributed by atoms with Crippen molar-refractivity contribution in [3.05, 3.63) is 64.9 Å². The van der Waals surface area contributed by atoms with E-state index in [4.69, 9.17) is 9.47 Å². The molecule has 0 aliphatic carbocycles. The molecule has 0 spiro atoms.